The van der Waals surface area contributed by atoms with Gasteiger partial charge in [0.1, 0.15) is 8.80 Å². The van der Waals surface area contributed by atoms with Gasteiger partial charge in [0.05, 0.1) is 0 Å². The summed E-state index contributed by atoms with van der Waals surface area (Å²) in [5, 5.41) is 2.83. The molecular weight excluding hydrogens is 344 g/mol. The molecule has 0 atom stereocenters. The molecule has 81 valence electrons. The second kappa shape index (κ2) is 5.30. The third-order valence-corrected chi connectivity index (χ3v) is 7.16. The molecule has 0 saturated heterocycles. The highest BCUT2D eigenvalue weighted by atomic mass is 79.9. The first-order chi connectivity index (χ1) is 7.70. The van der Waals surface area contributed by atoms with Crippen LogP contribution in [0.25, 0.3) is 0 Å². The van der Waals surface area contributed by atoms with E-state index < -0.39 is 8.80 Å². The first kappa shape index (κ1) is 12.1. The second-order valence-electron chi connectivity index (χ2n) is 3.58. The smallest absolute Gasteiger partial charge is 0.0627 e. The summed E-state index contributed by atoms with van der Waals surface area (Å²) in [6, 6.07) is 17.0. The van der Waals surface area contributed by atoms with E-state index in [1.54, 1.807) is 0 Å². The molecular formula is C13H11Br2Si. The van der Waals surface area contributed by atoms with Crippen LogP contribution in [-0.2, 0) is 0 Å². The molecule has 2 aromatic rings. The Labute approximate surface area is 115 Å². The van der Waals surface area contributed by atoms with Crippen molar-refractivity contribution >= 4 is 51.0 Å². The summed E-state index contributed by atoms with van der Waals surface area (Å²) in [4.78, 5) is 0. The Kier molecular flexibility index (Phi) is 4.00. The fraction of sp³-hybridized carbons (Fsp3) is 0.0769. The number of hydrogen-bond acceptors (Lipinski definition) is 0. The van der Waals surface area contributed by atoms with Gasteiger partial charge in [0.25, 0.3) is 0 Å². The number of rotatable bonds is 2. The Hall–Kier alpha value is -0.383. The van der Waals surface area contributed by atoms with Crippen molar-refractivity contribution in [1.29, 1.82) is 0 Å². The molecule has 0 spiro atoms. The van der Waals surface area contributed by atoms with Gasteiger partial charge in [-0.1, -0.05) is 74.8 Å². The zero-order valence-corrected chi connectivity index (χ0v) is 13.0. The lowest BCUT2D eigenvalue weighted by Gasteiger charge is -2.13. The average Bonchev–Trinajstić information content (AvgIpc) is 2.29. The van der Waals surface area contributed by atoms with Gasteiger partial charge in [0.15, 0.2) is 0 Å². The molecule has 3 heteroatoms. The summed E-state index contributed by atoms with van der Waals surface area (Å²) in [5.74, 6) is 0. The molecule has 0 aliphatic carbocycles. The molecule has 1 radical (unpaired) electrons. The Balaban J connectivity index is 2.44. The van der Waals surface area contributed by atoms with E-state index in [1.807, 2.05) is 0 Å². The van der Waals surface area contributed by atoms with Gasteiger partial charge in [-0.3, -0.25) is 0 Å². The number of benzene rings is 2. The molecule has 0 N–H and O–H groups in total. The molecule has 2 aromatic carbocycles. The first-order valence-corrected chi connectivity index (χ1v) is 8.62. The summed E-state index contributed by atoms with van der Waals surface area (Å²) < 4.78 is 2.42. The van der Waals surface area contributed by atoms with Crippen LogP contribution in [0.3, 0.4) is 0 Å². The molecule has 16 heavy (non-hydrogen) atoms. The van der Waals surface area contributed by atoms with Crippen LogP contribution in [-0.4, -0.2) is 8.80 Å². The van der Waals surface area contributed by atoms with Crippen LogP contribution in [0.1, 0.15) is 0 Å². The highest BCUT2D eigenvalue weighted by Gasteiger charge is 2.15. The van der Waals surface area contributed by atoms with Gasteiger partial charge in [-0.2, -0.15) is 0 Å². The van der Waals surface area contributed by atoms with Crippen LogP contribution in [0, 0.1) is 0 Å². The third-order valence-electron chi connectivity index (χ3n) is 2.56. The van der Waals surface area contributed by atoms with Crippen molar-refractivity contribution in [2.24, 2.45) is 0 Å². The first-order valence-electron chi connectivity index (χ1n) is 5.03. The van der Waals surface area contributed by atoms with Crippen molar-refractivity contribution in [2.75, 3.05) is 0 Å². The molecule has 0 nitrogen and oxygen atoms in total. The summed E-state index contributed by atoms with van der Waals surface area (Å²) in [6.45, 7) is 2.32. The standard InChI is InChI=1S/C13H11Br2Si/c1-16(12-8-4-2-6-10(12)14)13-9-5-3-7-11(13)15/h2-9H,1H3. The van der Waals surface area contributed by atoms with Crippen LogP contribution in [0.15, 0.2) is 57.5 Å². The highest BCUT2D eigenvalue weighted by molar-refractivity contribution is 9.11. The van der Waals surface area contributed by atoms with Crippen LogP contribution in [0.5, 0.6) is 0 Å². The van der Waals surface area contributed by atoms with Gasteiger partial charge < -0.3 is 0 Å². The zero-order valence-electron chi connectivity index (χ0n) is 8.87. The Morgan fingerprint density at radius 1 is 0.750 bits per heavy atom. The minimum atomic E-state index is -0.699. The van der Waals surface area contributed by atoms with E-state index in [1.165, 1.54) is 19.3 Å². The molecule has 0 aromatic heterocycles. The van der Waals surface area contributed by atoms with Crippen molar-refractivity contribution in [3.63, 3.8) is 0 Å². The SMILES string of the molecule is C[Si](c1ccccc1Br)c1ccccc1Br. The minimum Gasteiger partial charge on any atom is -0.0627 e. The molecule has 0 bridgehead atoms. The third kappa shape index (κ3) is 2.47. The monoisotopic (exact) mass is 353 g/mol. The minimum absolute atomic E-state index is 0.699. The predicted octanol–water partition coefficient (Wildman–Crippen LogP) is 3.45. The molecule has 0 saturated carbocycles. The van der Waals surface area contributed by atoms with E-state index in [4.69, 9.17) is 0 Å². The summed E-state index contributed by atoms with van der Waals surface area (Å²) >= 11 is 7.26. The fourth-order valence-electron chi connectivity index (χ4n) is 1.68. The van der Waals surface area contributed by atoms with Crippen molar-refractivity contribution in [3.05, 3.63) is 57.5 Å². The maximum atomic E-state index is 3.63. The van der Waals surface area contributed by atoms with E-state index in [0.29, 0.717) is 0 Å². The van der Waals surface area contributed by atoms with E-state index in [2.05, 4.69) is 86.9 Å². The van der Waals surface area contributed by atoms with E-state index in [-0.39, 0.29) is 0 Å². The maximum Gasteiger partial charge on any atom is 0.121 e. The van der Waals surface area contributed by atoms with E-state index >= 15 is 0 Å². The van der Waals surface area contributed by atoms with Gasteiger partial charge >= 0.3 is 0 Å². The van der Waals surface area contributed by atoms with E-state index in [9.17, 15) is 0 Å². The van der Waals surface area contributed by atoms with Crippen molar-refractivity contribution in [3.8, 4) is 0 Å². The summed E-state index contributed by atoms with van der Waals surface area (Å²) in [6.07, 6.45) is 0. The molecule has 0 heterocycles. The van der Waals surface area contributed by atoms with Crippen LogP contribution >= 0.6 is 31.9 Å². The van der Waals surface area contributed by atoms with Gasteiger partial charge in [-0.25, -0.2) is 0 Å². The number of hydrogen-bond donors (Lipinski definition) is 0. The van der Waals surface area contributed by atoms with Crippen LogP contribution in [0.4, 0.5) is 0 Å². The normalized spacial score (nSPS) is 10.8. The predicted molar refractivity (Wildman–Crippen MR) is 79.2 cm³/mol. The average molecular weight is 355 g/mol. The largest absolute Gasteiger partial charge is 0.121 e. The Bertz CT molecular complexity index is 451. The Morgan fingerprint density at radius 3 is 1.50 bits per heavy atom. The van der Waals surface area contributed by atoms with Crippen molar-refractivity contribution < 1.29 is 0 Å². The molecule has 0 aliphatic heterocycles. The summed E-state index contributed by atoms with van der Waals surface area (Å²) in [5.41, 5.74) is 0. The quantitative estimate of drug-likeness (QED) is 0.724. The van der Waals surface area contributed by atoms with Crippen molar-refractivity contribution in [2.45, 2.75) is 6.55 Å². The second-order valence-corrected chi connectivity index (χ2v) is 7.62. The van der Waals surface area contributed by atoms with Crippen molar-refractivity contribution in [1.82, 2.24) is 0 Å². The Morgan fingerprint density at radius 2 is 1.12 bits per heavy atom. The molecule has 0 amide bonds. The zero-order chi connectivity index (χ0) is 11.5. The molecule has 2 rings (SSSR count). The van der Waals surface area contributed by atoms with Gasteiger partial charge in [0.2, 0.25) is 0 Å². The van der Waals surface area contributed by atoms with Gasteiger partial charge in [0, 0.05) is 8.95 Å². The maximum absolute atomic E-state index is 3.63. The van der Waals surface area contributed by atoms with Crippen LogP contribution in [0.2, 0.25) is 6.55 Å². The van der Waals surface area contributed by atoms with Gasteiger partial charge in [-0.05, 0) is 22.5 Å². The fourth-order valence-corrected chi connectivity index (χ4v) is 5.90. The lowest BCUT2D eigenvalue weighted by atomic mass is 10.4. The summed E-state index contributed by atoms with van der Waals surface area (Å²) in [7, 11) is -0.699. The lowest BCUT2D eigenvalue weighted by Crippen LogP contribution is -2.40. The molecule has 0 unspecified atom stereocenters. The topological polar surface area (TPSA) is 0 Å². The highest BCUT2D eigenvalue weighted by Crippen LogP contribution is 2.10. The molecule has 0 fully saturated rings. The molecule has 0 aliphatic rings. The van der Waals surface area contributed by atoms with E-state index in [0.717, 1.165) is 0 Å². The van der Waals surface area contributed by atoms with Crippen LogP contribution < -0.4 is 10.4 Å². The lowest BCUT2D eigenvalue weighted by molar-refractivity contribution is 1.66. The number of halogens is 2. The van der Waals surface area contributed by atoms with Gasteiger partial charge in [-0.15, -0.1) is 0 Å².